The normalized spacial score (nSPS) is 14.9. The van der Waals surface area contributed by atoms with Gasteiger partial charge in [-0.25, -0.2) is 0 Å². The minimum absolute atomic E-state index is 0.264. The van der Waals surface area contributed by atoms with Crippen LogP contribution >= 0.6 is 0 Å². The van der Waals surface area contributed by atoms with Gasteiger partial charge in [0, 0.05) is 28.5 Å². The third kappa shape index (κ3) is 3.30. The van der Waals surface area contributed by atoms with Crippen LogP contribution < -0.4 is 5.32 Å². The molecule has 154 valence electrons. The van der Waals surface area contributed by atoms with Gasteiger partial charge in [0.25, 0.3) is 0 Å². The number of benzene rings is 4. The molecule has 0 radical (unpaired) electrons. The lowest BCUT2D eigenvalue weighted by atomic mass is 9.96. The number of rotatable bonds is 4. The molecular weight excluding hydrogens is 388 g/mol. The van der Waals surface area contributed by atoms with Crippen molar-refractivity contribution in [2.24, 2.45) is 0 Å². The average molecular weight is 413 g/mol. The summed E-state index contributed by atoms with van der Waals surface area (Å²) in [6.07, 6.45) is 5.54. The zero-order valence-corrected chi connectivity index (χ0v) is 17.8. The molecule has 4 aromatic carbocycles. The molecule has 0 saturated carbocycles. The minimum atomic E-state index is 0.264. The predicted octanol–water partition coefficient (Wildman–Crippen LogP) is 7.35. The molecule has 1 atom stereocenters. The first kappa shape index (κ1) is 18.7. The summed E-state index contributed by atoms with van der Waals surface area (Å²) in [6.45, 7) is 0. The Labute approximate surface area is 188 Å². The maximum atomic E-state index is 3.72. The van der Waals surface area contributed by atoms with Crippen molar-refractivity contribution in [2.75, 3.05) is 5.32 Å². The fourth-order valence-corrected chi connectivity index (χ4v) is 4.77. The number of fused-ring (bicyclic) bond motifs is 3. The summed E-state index contributed by atoms with van der Waals surface area (Å²) in [6, 6.07) is 38.9. The van der Waals surface area contributed by atoms with Gasteiger partial charge in [-0.1, -0.05) is 84.9 Å². The Morgan fingerprint density at radius 3 is 2.09 bits per heavy atom. The molecule has 0 spiro atoms. The second kappa shape index (κ2) is 7.90. The van der Waals surface area contributed by atoms with Crippen LogP contribution in [0.5, 0.6) is 0 Å². The van der Waals surface area contributed by atoms with E-state index in [1.165, 1.54) is 39.0 Å². The topological polar surface area (TPSA) is 17.0 Å². The molecule has 0 bridgehead atoms. The molecule has 32 heavy (non-hydrogen) atoms. The van der Waals surface area contributed by atoms with Gasteiger partial charge < -0.3 is 9.88 Å². The van der Waals surface area contributed by atoms with Gasteiger partial charge in [-0.3, -0.25) is 0 Å². The molecular formula is C30H24N2. The van der Waals surface area contributed by atoms with Crippen LogP contribution in [0, 0.1) is 0 Å². The van der Waals surface area contributed by atoms with Crippen LogP contribution in [0.3, 0.4) is 0 Å². The second-order valence-electron chi connectivity index (χ2n) is 8.31. The largest absolute Gasteiger partial charge is 0.378 e. The third-order valence-electron chi connectivity index (χ3n) is 6.29. The Morgan fingerprint density at radius 2 is 1.31 bits per heavy atom. The van der Waals surface area contributed by atoms with Gasteiger partial charge in [-0.15, -0.1) is 0 Å². The molecule has 1 N–H and O–H groups in total. The van der Waals surface area contributed by atoms with Crippen LogP contribution in [-0.4, -0.2) is 10.6 Å². The highest BCUT2D eigenvalue weighted by molar-refractivity contribution is 5.91. The number of para-hydroxylation sites is 2. The fourth-order valence-electron chi connectivity index (χ4n) is 4.77. The average Bonchev–Trinajstić information content (AvgIpc) is 3.19. The minimum Gasteiger partial charge on any atom is -0.378 e. The van der Waals surface area contributed by atoms with Crippen molar-refractivity contribution in [3.63, 3.8) is 0 Å². The Kier molecular flexibility index (Phi) is 4.62. The predicted molar refractivity (Wildman–Crippen MR) is 135 cm³/mol. The summed E-state index contributed by atoms with van der Waals surface area (Å²) in [5.74, 6) is 0. The van der Waals surface area contributed by atoms with Gasteiger partial charge in [-0.2, -0.15) is 0 Å². The van der Waals surface area contributed by atoms with Crippen molar-refractivity contribution in [3.05, 3.63) is 127 Å². The maximum absolute atomic E-state index is 3.72. The van der Waals surface area contributed by atoms with E-state index in [1.807, 2.05) is 0 Å². The molecule has 1 heterocycles. The van der Waals surface area contributed by atoms with E-state index in [-0.39, 0.29) is 6.04 Å². The molecule has 0 amide bonds. The molecule has 6 rings (SSSR count). The van der Waals surface area contributed by atoms with Gasteiger partial charge in [0.1, 0.15) is 0 Å². The first-order valence-electron chi connectivity index (χ1n) is 11.1. The molecule has 1 unspecified atom stereocenters. The van der Waals surface area contributed by atoms with E-state index in [1.54, 1.807) is 0 Å². The fraction of sp³-hybridized carbons (Fsp3) is 0.0667. The van der Waals surface area contributed by atoms with Gasteiger partial charge in [0.2, 0.25) is 0 Å². The van der Waals surface area contributed by atoms with E-state index in [4.69, 9.17) is 0 Å². The van der Waals surface area contributed by atoms with Crippen molar-refractivity contribution in [2.45, 2.75) is 12.5 Å². The summed E-state index contributed by atoms with van der Waals surface area (Å²) in [5, 5.41) is 5.05. The van der Waals surface area contributed by atoms with Crippen LogP contribution in [0.2, 0.25) is 0 Å². The smallest absolute Gasteiger partial charge is 0.0537 e. The van der Waals surface area contributed by atoms with Crippen LogP contribution in [0.25, 0.3) is 33.8 Å². The van der Waals surface area contributed by atoms with E-state index >= 15 is 0 Å². The number of hydrogen-bond donors (Lipinski definition) is 1. The van der Waals surface area contributed by atoms with E-state index in [0.29, 0.717) is 0 Å². The first-order chi connectivity index (χ1) is 15.9. The quantitative estimate of drug-likeness (QED) is 0.326. The summed E-state index contributed by atoms with van der Waals surface area (Å²) in [7, 11) is 0. The highest BCUT2D eigenvalue weighted by Crippen LogP contribution is 2.34. The summed E-state index contributed by atoms with van der Waals surface area (Å²) >= 11 is 0. The molecule has 0 saturated heterocycles. The van der Waals surface area contributed by atoms with Crippen molar-refractivity contribution in [3.8, 4) is 16.8 Å². The van der Waals surface area contributed by atoms with Gasteiger partial charge in [-0.05, 0) is 59.5 Å². The van der Waals surface area contributed by atoms with Crippen LogP contribution in [0.4, 0.5) is 5.69 Å². The van der Waals surface area contributed by atoms with Gasteiger partial charge in [0.05, 0.1) is 5.52 Å². The van der Waals surface area contributed by atoms with Crippen LogP contribution in [0.15, 0.2) is 115 Å². The Bertz CT molecular complexity index is 1390. The van der Waals surface area contributed by atoms with Crippen molar-refractivity contribution >= 4 is 22.7 Å². The lowest BCUT2D eigenvalue weighted by molar-refractivity contribution is 0.852. The molecule has 1 aromatic heterocycles. The zero-order valence-electron chi connectivity index (χ0n) is 17.8. The molecule has 5 aromatic rings. The second-order valence-corrected chi connectivity index (χ2v) is 8.31. The standard InChI is InChI=1S/C30H24N2/c1-3-9-22(10-4-1)23-15-17-24(18-16-23)31-25-19-20-30-28(21-25)27-13-7-8-14-29(27)32(30)26-11-5-2-6-12-26/h1-20,25,31H,21H2. The molecule has 1 aliphatic rings. The number of anilines is 1. The lowest BCUT2D eigenvalue weighted by Gasteiger charge is -2.21. The Morgan fingerprint density at radius 1 is 0.656 bits per heavy atom. The van der Waals surface area contributed by atoms with Crippen molar-refractivity contribution < 1.29 is 0 Å². The molecule has 2 heteroatoms. The summed E-state index contributed by atoms with van der Waals surface area (Å²) in [4.78, 5) is 0. The number of aromatic nitrogens is 1. The highest BCUT2D eigenvalue weighted by atomic mass is 15.0. The summed E-state index contributed by atoms with van der Waals surface area (Å²) < 4.78 is 2.38. The molecule has 0 fully saturated rings. The highest BCUT2D eigenvalue weighted by Gasteiger charge is 2.22. The number of nitrogens with one attached hydrogen (secondary N) is 1. The summed E-state index contributed by atoms with van der Waals surface area (Å²) in [5.41, 5.74) is 8.80. The van der Waals surface area contributed by atoms with E-state index in [2.05, 4.69) is 131 Å². The van der Waals surface area contributed by atoms with Crippen molar-refractivity contribution in [1.29, 1.82) is 0 Å². The number of nitrogens with zero attached hydrogens (tertiary/aromatic N) is 1. The van der Waals surface area contributed by atoms with Crippen LogP contribution in [-0.2, 0) is 6.42 Å². The van der Waals surface area contributed by atoms with Crippen molar-refractivity contribution in [1.82, 2.24) is 4.57 Å². The first-order valence-corrected chi connectivity index (χ1v) is 11.1. The van der Waals surface area contributed by atoms with E-state index in [9.17, 15) is 0 Å². The maximum Gasteiger partial charge on any atom is 0.0537 e. The lowest BCUT2D eigenvalue weighted by Crippen LogP contribution is -2.22. The third-order valence-corrected chi connectivity index (χ3v) is 6.29. The van der Waals surface area contributed by atoms with Gasteiger partial charge in [0.15, 0.2) is 0 Å². The monoisotopic (exact) mass is 412 g/mol. The zero-order chi connectivity index (χ0) is 21.3. The molecule has 0 aliphatic heterocycles. The number of hydrogen-bond acceptors (Lipinski definition) is 1. The molecule has 1 aliphatic carbocycles. The molecule has 2 nitrogen and oxygen atoms in total. The Hall–Kier alpha value is -4.04. The SMILES string of the molecule is C1=CC(Nc2ccc(-c3ccccc3)cc2)Cc2c1n(-c1ccccc1)c1ccccc21. The van der Waals surface area contributed by atoms with E-state index in [0.717, 1.165) is 12.1 Å². The van der Waals surface area contributed by atoms with E-state index < -0.39 is 0 Å². The van der Waals surface area contributed by atoms with Crippen LogP contribution in [0.1, 0.15) is 11.3 Å². The van der Waals surface area contributed by atoms with Gasteiger partial charge >= 0.3 is 0 Å². The Balaban J connectivity index is 1.31.